The van der Waals surface area contributed by atoms with Crippen LogP contribution < -0.4 is 0 Å². The first-order valence-electron chi connectivity index (χ1n) is 4.24. The third-order valence-electron chi connectivity index (χ3n) is 1.90. The molecule has 1 unspecified atom stereocenters. The summed E-state index contributed by atoms with van der Waals surface area (Å²) in [5.74, 6) is -0.611. The number of hydrogen-bond acceptors (Lipinski definition) is 3. The van der Waals surface area contributed by atoms with Crippen LogP contribution in [0.15, 0.2) is 22.7 Å². The van der Waals surface area contributed by atoms with E-state index in [1.165, 1.54) is 7.11 Å². The zero-order chi connectivity index (χ0) is 11.4. The van der Waals surface area contributed by atoms with E-state index in [9.17, 15) is 9.90 Å². The normalized spacial score (nSPS) is 12.3. The van der Waals surface area contributed by atoms with E-state index in [1.807, 2.05) is 18.2 Å². The molecule has 0 aliphatic rings. The summed E-state index contributed by atoms with van der Waals surface area (Å²) < 4.78 is 6.42. The van der Waals surface area contributed by atoms with E-state index >= 15 is 0 Å². The van der Waals surface area contributed by atoms with Gasteiger partial charge in [-0.15, -0.1) is 0 Å². The average molecular weight is 385 g/mol. The Kier molecular flexibility index (Phi) is 5.01. The van der Waals surface area contributed by atoms with Gasteiger partial charge in [-0.25, -0.2) is 4.79 Å². The number of ether oxygens (including phenoxy) is 1. The predicted molar refractivity (Wildman–Crippen MR) is 68.6 cm³/mol. The Balaban J connectivity index is 2.76. The van der Waals surface area contributed by atoms with Crippen molar-refractivity contribution in [1.82, 2.24) is 0 Å². The molecule has 0 saturated carbocycles. The van der Waals surface area contributed by atoms with Crippen molar-refractivity contribution in [3.05, 3.63) is 31.8 Å². The summed E-state index contributed by atoms with van der Waals surface area (Å²) in [7, 11) is 1.26. The molecule has 1 aromatic rings. The lowest BCUT2D eigenvalue weighted by Crippen LogP contribution is -2.24. The molecule has 0 aliphatic heterocycles. The Hall–Kier alpha value is -0.140. The maximum atomic E-state index is 11.0. The van der Waals surface area contributed by atoms with Gasteiger partial charge in [0.25, 0.3) is 0 Å². The van der Waals surface area contributed by atoms with Crippen LogP contribution in [0.1, 0.15) is 5.56 Å². The van der Waals surface area contributed by atoms with Crippen LogP contribution in [-0.4, -0.2) is 24.3 Å². The van der Waals surface area contributed by atoms with Gasteiger partial charge in [0.2, 0.25) is 0 Å². The van der Waals surface area contributed by atoms with E-state index in [1.54, 1.807) is 0 Å². The van der Waals surface area contributed by atoms with Gasteiger partial charge in [0.05, 0.1) is 7.11 Å². The minimum absolute atomic E-state index is 0.254. The fourth-order valence-corrected chi connectivity index (χ4v) is 2.57. The molecular formula is C10H10BrIO3. The highest BCUT2D eigenvalue weighted by Gasteiger charge is 2.17. The smallest absolute Gasteiger partial charge is 0.335 e. The van der Waals surface area contributed by atoms with E-state index in [0.717, 1.165) is 13.6 Å². The summed E-state index contributed by atoms with van der Waals surface area (Å²) in [5.41, 5.74) is 0.883. The van der Waals surface area contributed by atoms with Crippen molar-refractivity contribution in [3.63, 3.8) is 0 Å². The van der Waals surface area contributed by atoms with Gasteiger partial charge in [0.1, 0.15) is 0 Å². The van der Waals surface area contributed by atoms with Crippen molar-refractivity contribution < 1.29 is 14.6 Å². The topological polar surface area (TPSA) is 46.5 Å². The van der Waals surface area contributed by atoms with Crippen LogP contribution in [0.25, 0.3) is 0 Å². The summed E-state index contributed by atoms with van der Waals surface area (Å²) in [5, 5.41) is 9.47. The Bertz CT molecular complexity index is 368. The second-order valence-corrected chi connectivity index (χ2v) is 5.08. The first-order chi connectivity index (χ1) is 7.04. The number of halogens is 2. The number of benzene rings is 1. The molecule has 1 atom stereocenters. The molecule has 1 rings (SSSR count). The van der Waals surface area contributed by atoms with Crippen LogP contribution >= 0.6 is 38.5 Å². The maximum absolute atomic E-state index is 11.0. The molecule has 0 radical (unpaired) electrons. The molecule has 0 saturated heterocycles. The van der Waals surface area contributed by atoms with Crippen molar-refractivity contribution in [3.8, 4) is 0 Å². The highest BCUT2D eigenvalue weighted by Crippen LogP contribution is 2.21. The Labute approximate surface area is 110 Å². The fourth-order valence-electron chi connectivity index (χ4n) is 1.11. The quantitative estimate of drug-likeness (QED) is 0.641. The second kappa shape index (κ2) is 5.81. The lowest BCUT2D eigenvalue weighted by Gasteiger charge is -2.09. The monoisotopic (exact) mass is 384 g/mol. The maximum Gasteiger partial charge on any atom is 0.335 e. The zero-order valence-electron chi connectivity index (χ0n) is 8.04. The van der Waals surface area contributed by atoms with Crippen molar-refractivity contribution in [2.45, 2.75) is 12.5 Å². The molecule has 0 fully saturated rings. The molecule has 0 spiro atoms. The third-order valence-corrected chi connectivity index (χ3v) is 3.31. The second-order valence-electron chi connectivity index (χ2n) is 2.98. The third kappa shape index (κ3) is 3.73. The molecule has 0 aliphatic carbocycles. The average Bonchev–Trinajstić information content (AvgIpc) is 2.20. The molecular weight excluding hydrogens is 375 g/mol. The van der Waals surface area contributed by atoms with Gasteiger partial charge in [-0.2, -0.15) is 0 Å². The standard InChI is InChI=1S/C10H10BrIO3/c1-15-10(14)9(13)4-6-2-3-7(12)5-8(6)11/h2-3,5,9,13H,4H2,1H3. The van der Waals surface area contributed by atoms with Gasteiger partial charge in [-0.1, -0.05) is 22.0 Å². The molecule has 1 N–H and O–H groups in total. The molecule has 0 aromatic heterocycles. The SMILES string of the molecule is COC(=O)C(O)Cc1ccc(I)cc1Br. The molecule has 1 aromatic carbocycles. The van der Waals surface area contributed by atoms with Crippen LogP contribution in [0, 0.1) is 3.57 Å². The highest BCUT2D eigenvalue weighted by atomic mass is 127. The van der Waals surface area contributed by atoms with Crippen molar-refractivity contribution >= 4 is 44.5 Å². The molecule has 0 heterocycles. The molecule has 0 amide bonds. The van der Waals surface area contributed by atoms with Gasteiger partial charge in [0, 0.05) is 14.5 Å². The number of methoxy groups -OCH3 is 1. The number of rotatable bonds is 3. The van der Waals surface area contributed by atoms with E-state index in [2.05, 4.69) is 43.3 Å². The highest BCUT2D eigenvalue weighted by molar-refractivity contribution is 14.1. The predicted octanol–water partition coefficient (Wildman–Crippen LogP) is 2.13. The van der Waals surface area contributed by atoms with E-state index < -0.39 is 12.1 Å². The van der Waals surface area contributed by atoms with Crippen LogP contribution in [0.2, 0.25) is 0 Å². The van der Waals surface area contributed by atoms with Gasteiger partial charge in [0.15, 0.2) is 6.10 Å². The largest absolute Gasteiger partial charge is 0.467 e. The minimum Gasteiger partial charge on any atom is -0.467 e. The lowest BCUT2D eigenvalue weighted by atomic mass is 10.1. The van der Waals surface area contributed by atoms with Crippen molar-refractivity contribution in [2.75, 3.05) is 7.11 Å². The van der Waals surface area contributed by atoms with Gasteiger partial charge >= 0.3 is 5.97 Å². The van der Waals surface area contributed by atoms with Gasteiger partial charge in [-0.05, 0) is 40.3 Å². The minimum atomic E-state index is -1.11. The Morgan fingerprint density at radius 2 is 2.33 bits per heavy atom. The summed E-state index contributed by atoms with van der Waals surface area (Å²) in [6, 6.07) is 5.72. The van der Waals surface area contributed by atoms with Crippen molar-refractivity contribution in [1.29, 1.82) is 0 Å². The number of aliphatic hydroxyl groups is 1. The number of esters is 1. The Morgan fingerprint density at radius 3 is 2.87 bits per heavy atom. The van der Waals surface area contributed by atoms with Crippen LogP contribution in [-0.2, 0) is 16.0 Å². The van der Waals surface area contributed by atoms with Crippen LogP contribution in [0.3, 0.4) is 0 Å². The van der Waals surface area contributed by atoms with E-state index in [4.69, 9.17) is 0 Å². The molecule has 5 heteroatoms. The van der Waals surface area contributed by atoms with Gasteiger partial charge < -0.3 is 9.84 Å². The first-order valence-corrected chi connectivity index (χ1v) is 6.11. The summed E-state index contributed by atoms with van der Waals surface area (Å²) >= 11 is 5.57. The first kappa shape index (κ1) is 12.9. The lowest BCUT2D eigenvalue weighted by molar-refractivity contribution is -0.150. The number of aliphatic hydroxyl groups excluding tert-OH is 1. The summed E-state index contributed by atoms with van der Waals surface area (Å²) in [4.78, 5) is 11.0. The van der Waals surface area contributed by atoms with Crippen LogP contribution in [0.5, 0.6) is 0 Å². The van der Waals surface area contributed by atoms with Crippen LogP contribution in [0.4, 0.5) is 0 Å². The summed E-state index contributed by atoms with van der Waals surface area (Å²) in [6.07, 6.45) is -0.851. The van der Waals surface area contributed by atoms with Crippen molar-refractivity contribution in [2.24, 2.45) is 0 Å². The molecule has 82 valence electrons. The van der Waals surface area contributed by atoms with E-state index in [0.29, 0.717) is 0 Å². The number of carbonyl (C=O) groups excluding carboxylic acids is 1. The molecule has 3 nitrogen and oxygen atoms in total. The Morgan fingerprint density at radius 1 is 1.67 bits per heavy atom. The summed E-state index contributed by atoms with van der Waals surface area (Å²) in [6.45, 7) is 0. The molecule has 0 bridgehead atoms. The van der Waals surface area contributed by atoms with E-state index in [-0.39, 0.29) is 6.42 Å². The van der Waals surface area contributed by atoms with Gasteiger partial charge in [-0.3, -0.25) is 0 Å². The fraction of sp³-hybridized carbons (Fsp3) is 0.300. The zero-order valence-corrected chi connectivity index (χ0v) is 11.8. The number of hydrogen-bond donors (Lipinski definition) is 1. The number of carbonyl (C=O) groups is 1. The molecule has 15 heavy (non-hydrogen) atoms.